The number of benzene rings is 3. The Morgan fingerprint density at radius 2 is 1.68 bits per heavy atom. The minimum Gasteiger partial charge on any atom is -0.462 e. The molecule has 1 saturated heterocycles. The predicted molar refractivity (Wildman–Crippen MR) is 131 cm³/mol. The molecule has 1 fully saturated rings. The largest absolute Gasteiger partial charge is 0.462 e. The van der Waals surface area contributed by atoms with Gasteiger partial charge in [0.05, 0.1) is 6.61 Å². The number of hydrogen-bond acceptors (Lipinski definition) is 4. The van der Waals surface area contributed by atoms with E-state index >= 15 is 0 Å². The summed E-state index contributed by atoms with van der Waals surface area (Å²) >= 11 is 0. The minimum absolute atomic E-state index is 0.169. The van der Waals surface area contributed by atoms with E-state index in [4.69, 9.17) is 14.2 Å². The lowest BCUT2D eigenvalue weighted by molar-refractivity contribution is -0.139. The number of ether oxygens (including phenoxy) is 3. The fourth-order valence-corrected chi connectivity index (χ4v) is 3.72. The van der Waals surface area contributed by atoms with E-state index in [-0.39, 0.29) is 24.2 Å². The Kier molecular flexibility index (Phi) is 7.43. The monoisotopic (exact) mass is 460 g/mol. The van der Waals surface area contributed by atoms with Crippen molar-refractivity contribution < 1.29 is 23.4 Å². The van der Waals surface area contributed by atoms with E-state index < -0.39 is 0 Å². The maximum atomic E-state index is 14.9. The van der Waals surface area contributed by atoms with Crippen LogP contribution in [0.15, 0.2) is 78.9 Å². The molecule has 0 bridgehead atoms. The Labute approximate surface area is 200 Å². The molecule has 3 aromatic rings. The number of carbonyl (C=O) groups excluding carboxylic acids is 1. The summed E-state index contributed by atoms with van der Waals surface area (Å²) in [5.41, 5.74) is 4.65. The summed E-state index contributed by atoms with van der Waals surface area (Å²) in [6.45, 7) is 7.62. The highest BCUT2D eigenvalue weighted by atomic mass is 19.1. The summed E-state index contributed by atoms with van der Waals surface area (Å²) in [6, 6.07) is 20.7. The fraction of sp³-hybridized carbons (Fsp3) is 0.276. The fourth-order valence-electron chi connectivity index (χ4n) is 3.72. The Bertz CT molecular complexity index is 1150. The quantitative estimate of drug-likeness (QED) is 0.146. The van der Waals surface area contributed by atoms with Gasteiger partial charge in [0.2, 0.25) is 6.29 Å². The van der Waals surface area contributed by atoms with Gasteiger partial charge in [-0.1, -0.05) is 62.0 Å². The van der Waals surface area contributed by atoms with E-state index in [2.05, 4.69) is 13.5 Å². The zero-order chi connectivity index (χ0) is 24.1. The van der Waals surface area contributed by atoms with Crippen molar-refractivity contribution in [2.75, 3.05) is 6.61 Å². The van der Waals surface area contributed by atoms with Crippen LogP contribution in [0.5, 0.6) is 5.75 Å². The average Bonchev–Trinajstić information content (AvgIpc) is 3.60. The highest BCUT2D eigenvalue weighted by Crippen LogP contribution is 2.32. The molecule has 4 rings (SSSR count). The molecular formula is C29H29FO4. The van der Waals surface area contributed by atoms with Gasteiger partial charge in [-0.15, -0.1) is 0 Å². The minimum atomic E-state index is -0.358. The van der Waals surface area contributed by atoms with Crippen LogP contribution in [0, 0.1) is 5.82 Å². The standard InChI is InChI=1S/C29H29FO4/c1-4-27-29(34-27)33-24-14-11-22(12-15-24)25-16-13-23(18-26(25)30)21-9-7-20(8-10-21)6-5-17-32-28(31)19(2)3/h7-16,18,27,29H,2,4-6,17H2,1,3H3. The molecular weight excluding hydrogens is 431 g/mol. The molecule has 2 atom stereocenters. The molecule has 0 radical (unpaired) electrons. The second kappa shape index (κ2) is 10.7. The van der Waals surface area contributed by atoms with Crippen LogP contribution in [-0.2, 0) is 20.7 Å². The van der Waals surface area contributed by atoms with Crippen LogP contribution in [0.4, 0.5) is 4.39 Å². The van der Waals surface area contributed by atoms with Gasteiger partial charge in [-0.2, -0.15) is 0 Å². The lowest BCUT2D eigenvalue weighted by Crippen LogP contribution is -2.06. The second-order valence-electron chi connectivity index (χ2n) is 8.50. The van der Waals surface area contributed by atoms with E-state index in [0.29, 0.717) is 17.7 Å². The van der Waals surface area contributed by atoms with Crippen LogP contribution >= 0.6 is 0 Å². The van der Waals surface area contributed by atoms with Gasteiger partial charge in [-0.25, -0.2) is 9.18 Å². The first-order chi connectivity index (χ1) is 16.4. The van der Waals surface area contributed by atoms with Gasteiger partial charge in [0.15, 0.2) is 0 Å². The van der Waals surface area contributed by atoms with Gasteiger partial charge in [0.1, 0.15) is 17.7 Å². The number of aryl methyl sites for hydroxylation is 1. The smallest absolute Gasteiger partial charge is 0.333 e. The Morgan fingerprint density at radius 3 is 2.29 bits per heavy atom. The highest BCUT2D eigenvalue weighted by Gasteiger charge is 2.39. The van der Waals surface area contributed by atoms with E-state index in [9.17, 15) is 9.18 Å². The molecule has 0 aromatic heterocycles. The Morgan fingerprint density at radius 1 is 1.00 bits per heavy atom. The molecule has 0 spiro atoms. The molecule has 1 aliphatic rings. The summed E-state index contributed by atoms with van der Waals surface area (Å²) < 4.78 is 31.2. The summed E-state index contributed by atoms with van der Waals surface area (Å²) in [5, 5.41) is 0. The van der Waals surface area contributed by atoms with Crippen molar-refractivity contribution in [2.24, 2.45) is 0 Å². The number of epoxide rings is 1. The third kappa shape index (κ3) is 5.91. The zero-order valence-electron chi connectivity index (χ0n) is 19.6. The molecule has 5 heteroatoms. The SMILES string of the molecule is C=C(C)C(=O)OCCCc1ccc(-c2ccc(-c3ccc(OC4OC4CC)cc3)c(F)c2)cc1. The third-order valence-electron chi connectivity index (χ3n) is 5.80. The molecule has 34 heavy (non-hydrogen) atoms. The summed E-state index contributed by atoms with van der Waals surface area (Å²) in [7, 11) is 0. The number of hydrogen-bond donors (Lipinski definition) is 0. The summed E-state index contributed by atoms with van der Waals surface area (Å²) in [6.07, 6.45) is 2.46. The van der Waals surface area contributed by atoms with Crippen molar-refractivity contribution in [2.45, 2.75) is 45.5 Å². The first-order valence-electron chi connectivity index (χ1n) is 11.6. The van der Waals surface area contributed by atoms with Crippen LogP contribution in [0.2, 0.25) is 0 Å². The predicted octanol–water partition coefficient (Wildman–Crippen LogP) is 6.73. The van der Waals surface area contributed by atoms with Gasteiger partial charge in [0, 0.05) is 11.1 Å². The van der Waals surface area contributed by atoms with Crippen molar-refractivity contribution in [1.29, 1.82) is 0 Å². The number of halogens is 1. The van der Waals surface area contributed by atoms with Crippen molar-refractivity contribution in [3.63, 3.8) is 0 Å². The number of esters is 1. The normalized spacial score (nSPS) is 16.7. The lowest BCUT2D eigenvalue weighted by atomic mass is 9.98. The Balaban J connectivity index is 1.35. The second-order valence-corrected chi connectivity index (χ2v) is 8.50. The number of rotatable bonds is 10. The van der Waals surface area contributed by atoms with Crippen LogP contribution in [-0.4, -0.2) is 25.0 Å². The molecule has 176 valence electrons. The van der Waals surface area contributed by atoms with Gasteiger partial charge in [-0.05, 0) is 66.6 Å². The van der Waals surface area contributed by atoms with Crippen molar-refractivity contribution in [3.8, 4) is 28.0 Å². The van der Waals surface area contributed by atoms with Gasteiger partial charge in [0.25, 0.3) is 0 Å². The highest BCUT2D eigenvalue weighted by molar-refractivity contribution is 5.86. The molecule has 0 saturated carbocycles. The first kappa shape index (κ1) is 23.7. The molecule has 3 aromatic carbocycles. The van der Waals surface area contributed by atoms with Crippen molar-refractivity contribution in [3.05, 3.63) is 90.3 Å². The summed E-state index contributed by atoms with van der Waals surface area (Å²) in [5.74, 6) is 0.0880. The number of carbonyl (C=O) groups is 1. The van der Waals surface area contributed by atoms with Gasteiger partial charge >= 0.3 is 5.97 Å². The molecule has 0 N–H and O–H groups in total. The maximum Gasteiger partial charge on any atom is 0.333 e. The van der Waals surface area contributed by atoms with E-state index in [1.54, 1.807) is 13.0 Å². The van der Waals surface area contributed by atoms with Crippen LogP contribution < -0.4 is 4.74 Å². The van der Waals surface area contributed by atoms with E-state index in [0.717, 1.165) is 47.3 Å². The molecule has 2 unspecified atom stereocenters. The Hall–Kier alpha value is -3.44. The average molecular weight is 461 g/mol. The zero-order valence-corrected chi connectivity index (χ0v) is 19.6. The van der Waals surface area contributed by atoms with Crippen LogP contribution in [0.1, 0.15) is 32.3 Å². The van der Waals surface area contributed by atoms with Gasteiger partial charge < -0.3 is 14.2 Å². The maximum absolute atomic E-state index is 14.9. The molecule has 1 aliphatic heterocycles. The van der Waals surface area contributed by atoms with Gasteiger partial charge in [-0.3, -0.25) is 0 Å². The van der Waals surface area contributed by atoms with Crippen LogP contribution in [0.3, 0.4) is 0 Å². The molecule has 4 nitrogen and oxygen atoms in total. The molecule has 0 amide bonds. The topological polar surface area (TPSA) is 48.1 Å². The third-order valence-corrected chi connectivity index (χ3v) is 5.80. The first-order valence-corrected chi connectivity index (χ1v) is 11.6. The molecule has 1 heterocycles. The summed E-state index contributed by atoms with van der Waals surface area (Å²) in [4.78, 5) is 11.4. The van der Waals surface area contributed by atoms with Crippen molar-refractivity contribution in [1.82, 2.24) is 0 Å². The van der Waals surface area contributed by atoms with Crippen molar-refractivity contribution >= 4 is 5.97 Å². The van der Waals surface area contributed by atoms with E-state index in [1.165, 1.54) is 0 Å². The lowest BCUT2D eigenvalue weighted by Gasteiger charge is -2.09. The molecule has 0 aliphatic carbocycles. The van der Waals surface area contributed by atoms with E-state index in [1.807, 2.05) is 60.7 Å². The van der Waals surface area contributed by atoms with Crippen LogP contribution in [0.25, 0.3) is 22.3 Å².